The molecule has 0 radical (unpaired) electrons. The van der Waals surface area contributed by atoms with Gasteiger partial charge in [-0.2, -0.15) is 0 Å². The molecule has 2 aromatic rings. The number of nitro benzene ring substituents is 1. The smallest absolute Gasteiger partial charge is 0.271 e. The predicted octanol–water partition coefficient (Wildman–Crippen LogP) is 3.87. The molecule has 0 saturated carbocycles. The lowest BCUT2D eigenvalue weighted by atomic mass is 10.1. The SMILES string of the molecule is Cc1ccc(O)c(CNc2cc([N+](=O)[O-])ccc2Cl)c1. The van der Waals surface area contributed by atoms with E-state index in [-0.39, 0.29) is 11.4 Å². The van der Waals surface area contributed by atoms with Crippen molar-refractivity contribution in [2.24, 2.45) is 0 Å². The lowest BCUT2D eigenvalue weighted by molar-refractivity contribution is -0.384. The number of hydrogen-bond donors (Lipinski definition) is 2. The third kappa shape index (κ3) is 3.19. The number of anilines is 1. The number of phenols is 1. The summed E-state index contributed by atoms with van der Waals surface area (Å²) < 4.78 is 0. The van der Waals surface area contributed by atoms with Gasteiger partial charge in [0.15, 0.2) is 0 Å². The molecule has 0 amide bonds. The van der Waals surface area contributed by atoms with Crippen molar-refractivity contribution in [1.29, 1.82) is 0 Å². The van der Waals surface area contributed by atoms with Crippen molar-refractivity contribution in [3.8, 4) is 5.75 Å². The van der Waals surface area contributed by atoms with E-state index >= 15 is 0 Å². The van der Waals surface area contributed by atoms with Crippen molar-refractivity contribution in [2.45, 2.75) is 13.5 Å². The van der Waals surface area contributed by atoms with E-state index in [0.29, 0.717) is 22.8 Å². The van der Waals surface area contributed by atoms with E-state index in [4.69, 9.17) is 11.6 Å². The molecule has 0 aliphatic rings. The number of nitro groups is 1. The number of halogens is 1. The van der Waals surface area contributed by atoms with Gasteiger partial charge in [0.1, 0.15) is 5.75 Å². The van der Waals surface area contributed by atoms with E-state index in [2.05, 4.69) is 5.32 Å². The summed E-state index contributed by atoms with van der Waals surface area (Å²) in [5.74, 6) is 0.171. The second-order valence-electron chi connectivity index (χ2n) is 4.41. The number of nitrogens with zero attached hydrogens (tertiary/aromatic N) is 1. The summed E-state index contributed by atoms with van der Waals surface area (Å²) in [4.78, 5) is 10.3. The molecule has 0 aliphatic carbocycles. The maximum atomic E-state index is 10.7. The Bertz CT molecular complexity index is 659. The van der Waals surface area contributed by atoms with Crippen LogP contribution in [0, 0.1) is 17.0 Å². The van der Waals surface area contributed by atoms with Crippen LogP contribution in [-0.2, 0) is 6.54 Å². The van der Waals surface area contributed by atoms with Crippen LogP contribution in [0.5, 0.6) is 5.75 Å². The molecular formula is C14H13ClN2O3. The number of hydrogen-bond acceptors (Lipinski definition) is 4. The Labute approximate surface area is 121 Å². The summed E-state index contributed by atoms with van der Waals surface area (Å²) in [6.45, 7) is 2.25. The Morgan fingerprint density at radius 2 is 2.05 bits per heavy atom. The third-order valence-corrected chi connectivity index (χ3v) is 3.19. The summed E-state index contributed by atoms with van der Waals surface area (Å²) in [5.41, 5.74) is 2.14. The quantitative estimate of drug-likeness (QED) is 0.662. The van der Waals surface area contributed by atoms with E-state index in [9.17, 15) is 15.2 Å². The average Bonchev–Trinajstić information content (AvgIpc) is 2.41. The second kappa shape index (κ2) is 5.79. The zero-order chi connectivity index (χ0) is 14.7. The minimum atomic E-state index is -0.481. The summed E-state index contributed by atoms with van der Waals surface area (Å²) in [7, 11) is 0. The number of rotatable bonds is 4. The van der Waals surface area contributed by atoms with Gasteiger partial charge in [0.2, 0.25) is 0 Å². The van der Waals surface area contributed by atoms with E-state index < -0.39 is 4.92 Å². The predicted molar refractivity (Wildman–Crippen MR) is 78.3 cm³/mol. The van der Waals surface area contributed by atoms with Gasteiger partial charge >= 0.3 is 0 Å². The standard InChI is InChI=1S/C14H13ClN2O3/c1-9-2-5-14(18)10(6-9)8-16-13-7-11(17(19)20)3-4-12(13)15/h2-7,16,18H,8H2,1H3. The van der Waals surface area contributed by atoms with Crippen LogP contribution in [0.3, 0.4) is 0 Å². The van der Waals surface area contributed by atoms with Gasteiger partial charge in [-0.3, -0.25) is 10.1 Å². The van der Waals surface area contributed by atoms with Crippen molar-refractivity contribution in [2.75, 3.05) is 5.32 Å². The largest absolute Gasteiger partial charge is 0.508 e. The molecule has 0 atom stereocenters. The zero-order valence-electron chi connectivity index (χ0n) is 10.8. The van der Waals surface area contributed by atoms with Crippen LogP contribution >= 0.6 is 11.6 Å². The number of aryl methyl sites for hydroxylation is 1. The molecule has 2 aromatic carbocycles. The number of aromatic hydroxyl groups is 1. The topological polar surface area (TPSA) is 75.4 Å². The molecule has 0 heterocycles. The molecule has 0 aromatic heterocycles. The van der Waals surface area contributed by atoms with E-state index in [1.165, 1.54) is 18.2 Å². The van der Waals surface area contributed by atoms with Crippen molar-refractivity contribution in [1.82, 2.24) is 0 Å². The highest BCUT2D eigenvalue weighted by atomic mass is 35.5. The van der Waals surface area contributed by atoms with Crippen LogP contribution in [0.1, 0.15) is 11.1 Å². The van der Waals surface area contributed by atoms with Gasteiger partial charge in [-0.25, -0.2) is 0 Å². The van der Waals surface area contributed by atoms with Gasteiger partial charge in [0, 0.05) is 24.2 Å². The third-order valence-electron chi connectivity index (χ3n) is 2.87. The van der Waals surface area contributed by atoms with Gasteiger partial charge in [0.25, 0.3) is 5.69 Å². The van der Waals surface area contributed by atoms with Gasteiger partial charge < -0.3 is 10.4 Å². The molecule has 0 fully saturated rings. The Morgan fingerprint density at radius 1 is 1.30 bits per heavy atom. The highest BCUT2D eigenvalue weighted by Gasteiger charge is 2.10. The first-order chi connectivity index (χ1) is 9.47. The highest BCUT2D eigenvalue weighted by Crippen LogP contribution is 2.28. The van der Waals surface area contributed by atoms with Crippen LogP contribution in [0.15, 0.2) is 36.4 Å². The van der Waals surface area contributed by atoms with Gasteiger partial charge in [-0.05, 0) is 19.1 Å². The Morgan fingerprint density at radius 3 is 2.75 bits per heavy atom. The Hall–Kier alpha value is -2.27. The zero-order valence-corrected chi connectivity index (χ0v) is 11.5. The minimum Gasteiger partial charge on any atom is -0.508 e. The second-order valence-corrected chi connectivity index (χ2v) is 4.81. The van der Waals surface area contributed by atoms with E-state index in [1.54, 1.807) is 12.1 Å². The van der Waals surface area contributed by atoms with Crippen molar-refractivity contribution in [3.63, 3.8) is 0 Å². The first-order valence-electron chi connectivity index (χ1n) is 5.93. The lowest BCUT2D eigenvalue weighted by Crippen LogP contribution is -2.01. The number of nitrogens with one attached hydrogen (secondary N) is 1. The van der Waals surface area contributed by atoms with Gasteiger partial charge in [-0.15, -0.1) is 0 Å². The fourth-order valence-corrected chi connectivity index (χ4v) is 1.99. The monoisotopic (exact) mass is 292 g/mol. The molecule has 2 N–H and O–H groups in total. The van der Waals surface area contributed by atoms with Gasteiger partial charge in [-0.1, -0.05) is 29.3 Å². The molecular weight excluding hydrogens is 280 g/mol. The fraction of sp³-hybridized carbons (Fsp3) is 0.143. The van der Waals surface area contributed by atoms with Crippen molar-refractivity contribution >= 4 is 23.0 Å². The first-order valence-corrected chi connectivity index (χ1v) is 6.31. The molecule has 2 rings (SSSR count). The maximum Gasteiger partial charge on any atom is 0.271 e. The van der Waals surface area contributed by atoms with Crippen molar-refractivity contribution < 1.29 is 10.0 Å². The first kappa shape index (κ1) is 14.1. The van der Waals surface area contributed by atoms with Crippen LogP contribution in [0.25, 0.3) is 0 Å². The number of benzene rings is 2. The molecule has 0 saturated heterocycles. The van der Waals surface area contributed by atoms with Gasteiger partial charge in [0.05, 0.1) is 15.6 Å². The highest BCUT2D eigenvalue weighted by molar-refractivity contribution is 6.33. The molecule has 0 unspecified atom stereocenters. The molecule has 0 spiro atoms. The summed E-state index contributed by atoms with van der Waals surface area (Å²) in [6.07, 6.45) is 0. The summed E-state index contributed by atoms with van der Waals surface area (Å²) in [6, 6.07) is 9.44. The maximum absolute atomic E-state index is 10.7. The molecule has 0 aliphatic heterocycles. The number of phenolic OH excluding ortho intramolecular Hbond substituents is 1. The average molecular weight is 293 g/mol. The minimum absolute atomic E-state index is 0.0367. The Kier molecular flexibility index (Phi) is 4.10. The molecule has 104 valence electrons. The molecule has 0 bridgehead atoms. The summed E-state index contributed by atoms with van der Waals surface area (Å²) >= 11 is 5.99. The number of non-ortho nitro benzene ring substituents is 1. The van der Waals surface area contributed by atoms with E-state index in [1.807, 2.05) is 13.0 Å². The van der Waals surface area contributed by atoms with Crippen molar-refractivity contribution in [3.05, 3.63) is 62.7 Å². The Balaban J connectivity index is 2.20. The van der Waals surface area contributed by atoms with Crippen LogP contribution < -0.4 is 5.32 Å². The molecule has 6 heteroatoms. The molecule has 20 heavy (non-hydrogen) atoms. The van der Waals surface area contributed by atoms with Crippen LogP contribution in [0.2, 0.25) is 5.02 Å². The summed E-state index contributed by atoms with van der Waals surface area (Å²) in [5, 5.41) is 23.9. The van der Waals surface area contributed by atoms with Crippen LogP contribution in [0.4, 0.5) is 11.4 Å². The molecule has 5 nitrogen and oxygen atoms in total. The lowest BCUT2D eigenvalue weighted by Gasteiger charge is -2.10. The van der Waals surface area contributed by atoms with Crippen LogP contribution in [-0.4, -0.2) is 10.0 Å². The normalized spacial score (nSPS) is 10.3. The van der Waals surface area contributed by atoms with E-state index in [0.717, 1.165) is 5.56 Å². The fourth-order valence-electron chi connectivity index (χ4n) is 1.81.